The van der Waals surface area contributed by atoms with Crippen LogP contribution >= 0.6 is 0 Å². The van der Waals surface area contributed by atoms with Crippen molar-refractivity contribution in [2.24, 2.45) is 0 Å². The Morgan fingerprint density at radius 1 is 1.44 bits per heavy atom. The first-order valence-electron chi connectivity index (χ1n) is 5.55. The fraction of sp³-hybridized carbons (Fsp3) is 0.545. The van der Waals surface area contributed by atoms with Crippen molar-refractivity contribution >= 4 is 5.91 Å². The summed E-state index contributed by atoms with van der Waals surface area (Å²) in [5.41, 5.74) is 0.320. The highest BCUT2D eigenvalue weighted by Gasteiger charge is 2.38. The number of nitrogens with one attached hydrogen (secondary N) is 1. The van der Waals surface area contributed by atoms with Gasteiger partial charge in [0.15, 0.2) is 0 Å². The molecule has 4 unspecified atom stereocenters. The van der Waals surface area contributed by atoms with Crippen LogP contribution < -0.4 is 5.32 Å². The van der Waals surface area contributed by atoms with E-state index in [1.807, 2.05) is 0 Å². The zero-order chi connectivity index (χ0) is 13.1. The van der Waals surface area contributed by atoms with Crippen LogP contribution in [0.1, 0.15) is 10.4 Å². The molecule has 1 fully saturated rings. The highest BCUT2D eigenvalue weighted by atomic mass is 16.5. The average molecular weight is 257 g/mol. The van der Waals surface area contributed by atoms with Crippen molar-refractivity contribution in [1.82, 2.24) is 5.32 Å². The molecular weight excluding hydrogens is 242 g/mol. The molecule has 0 bridgehead atoms. The van der Waals surface area contributed by atoms with Gasteiger partial charge in [-0.05, 0) is 6.07 Å². The van der Waals surface area contributed by atoms with Crippen molar-refractivity contribution in [2.75, 3.05) is 13.2 Å². The van der Waals surface area contributed by atoms with Crippen LogP contribution in [0.2, 0.25) is 0 Å². The molecule has 7 nitrogen and oxygen atoms in total. The Morgan fingerprint density at radius 3 is 2.83 bits per heavy atom. The fourth-order valence-electron chi connectivity index (χ4n) is 1.82. The Morgan fingerprint density at radius 2 is 2.22 bits per heavy atom. The third-order valence-electron chi connectivity index (χ3n) is 2.91. The van der Waals surface area contributed by atoms with Crippen LogP contribution in [-0.4, -0.2) is 58.8 Å². The van der Waals surface area contributed by atoms with Gasteiger partial charge in [0.25, 0.3) is 5.91 Å². The van der Waals surface area contributed by atoms with Crippen LogP contribution in [0.15, 0.2) is 23.0 Å². The average Bonchev–Trinajstić information content (AvgIpc) is 2.89. The molecule has 1 aromatic heterocycles. The molecule has 18 heavy (non-hydrogen) atoms. The summed E-state index contributed by atoms with van der Waals surface area (Å²) in [6.07, 6.45) is -0.621. The van der Waals surface area contributed by atoms with Gasteiger partial charge in [-0.1, -0.05) is 0 Å². The number of carbonyl (C=O) groups is 1. The van der Waals surface area contributed by atoms with E-state index in [2.05, 4.69) is 5.32 Å². The number of furan rings is 1. The van der Waals surface area contributed by atoms with Gasteiger partial charge < -0.3 is 29.8 Å². The van der Waals surface area contributed by atoms with E-state index in [1.54, 1.807) is 0 Å². The lowest BCUT2D eigenvalue weighted by molar-refractivity contribution is -0.159. The van der Waals surface area contributed by atoms with E-state index < -0.39 is 30.3 Å². The molecule has 0 radical (unpaired) electrons. The van der Waals surface area contributed by atoms with Crippen LogP contribution in [0.25, 0.3) is 0 Å². The Kier molecular flexibility index (Phi) is 3.97. The Bertz CT molecular complexity index is 392. The quantitative estimate of drug-likeness (QED) is 0.524. The molecule has 1 amide bonds. The maximum atomic E-state index is 11.7. The van der Waals surface area contributed by atoms with E-state index in [9.17, 15) is 15.0 Å². The first-order valence-corrected chi connectivity index (χ1v) is 5.55. The summed E-state index contributed by atoms with van der Waals surface area (Å²) < 4.78 is 9.91. The maximum absolute atomic E-state index is 11.7. The van der Waals surface area contributed by atoms with E-state index in [0.717, 1.165) is 0 Å². The Hall–Kier alpha value is -1.41. The number of hydrogen-bond acceptors (Lipinski definition) is 6. The van der Waals surface area contributed by atoms with Gasteiger partial charge in [0.2, 0.25) is 0 Å². The summed E-state index contributed by atoms with van der Waals surface area (Å²) in [5.74, 6) is -0.425. The summed E-state index contributed by atoms with van der Waals surface area (Å²) in [6, 6.07) is 0.753. The van der Waals surface area contributed by atoms with Crippen molar-refractivity contribution in [2.45, 2.75) is 24.4 Å². The molecule has 0 aromatic carbocycles. The van der Waals surface area contributed by atoms with Gasteiger partial charge in [-0.15, -0.1) is 0 Å². The van der Waals surface area contributed by atoms with Gasteiger partial charge >= 0.3 is 0 Å². The third kappa shape index (κ3) is 2.54. The number of hydrogen-bond donors (Lipinski definition) is 4. The lowest BCUT2D eigenvalue weighted by Gasteiger charge is -2.37. The van der Waals surface area contributed by atoms with Crippen molar-refractivity contribution in [3.8, 4) is 0 Å². The summed E-state index contributed by atoms with van der Waals surface area (Å²) >= 11 is 0. The molecule has 0 spiro atoms. The largest absolute Gasteiger partial charge is 0.472 e. The van der Waals surface area contributed by atoms with Crippen molar-refractivity contribution in [3.63, 3.8) is 0 Å². The molecule has 7 heteroatoms. The van der Waals surface area contributed by atoms with Crippen LogP contribution in [-0.2, 0) is 4.74 Å². The van der Waals surface area contributed by atoms with E-state index in [1.165, 1.54) is 18.6 Å². The molecular formula is C11H15NO6. The van der Waals surface area contributed by atoms with Crippen LogP contribution in [0.4, 0.5) is 0 Å². The third-order valence-corrected chi connectivity index (χ3v) is 2.91. The molecule has 0 aliphatic carbocycles. The summed E-state index contributed by atoms with van der Waals surface area (Å²) in [7, 11) is 0. The summed E-state index contributed by atoms with van der Waals surface area (Å²) in [5, 5.41) is 30.9. The first kappa shape index (κ1) is 13.0. The number of amides is 1. The van der Waals surface area contributed by atoms with Gasteiger partial charge in [0.1, 0.15) is 24.6 Å². The first-order chi connectivity index (χ1) is 8.63. The predicted octanol–water partition coefficient (Wildman–Crippen LogP) is -1.51. The van der Waals surface area contributed by atoms with Crippen molar-refractivity contribution in [3.05, 3.63) is 24.2 Å². The molecule has 4 N–H and O–H groups in total. The van der Waals surface area contributed by atoms with Gasteiger partial charge in [-0.3, -0.25) is 4.79 Å². The smallest absolute Gasteiger partial charge is 0.254 e. The molecule has 0 saturated carbocycles. The second kappa shape index (κ2) is 5.49. The molecule has 1 aliphatic heterocycles. The number of ether oxygens (including phenoxy) is 1. The SMILES string of the molecule is O=C(NC1COC(CO)C(O)C1O)c1ccoc1. The lowest BCUT2D eigenvalue weighted by Crippen LogP contribution is -2.59. The lowest BCUT2D eigenvalue weighted by atomic mass is 9.98. The Labute approximate surface area is 103 Å². The zero-order valence-corrected chi connectivity index (χ0v) is 9.52. The number of rotatable bonds is 3. The molecule has 4 atom stereocenters. The zero-order valence-electron chi connectivity index (χ0n) is 9.52. The van der Waals surface area contributed by atoms with E-state index in [4.69, 9.17) is 14.3 Å². The van der Waals surface area contributed by atoms with E-state index in [-0.39, 0.29) is 13.2 Å². The van der Waals surface area contributed by atoms with Crippen LogP contribution in [0.5, 0.6) is 0 Å². The second-order valence-electron chi connectivity index (χ2n) is 4.13. The van der Waals surface area contributed by atoms with Gasteiger partial charge in [0.05, 0.1) is 31.1 Å². The normalized spacial score (nSPS) is 32.2. The summed E-state index contributed by atoms with van der Waals surface area (Å²) in [6.45, 7) is -0.367. The standard InChI is InChI=1S/C11H15NO6/c13-3-8-10(15)9(14)7(5-18-8)12-11(16)6-1-2-17-4-6/h1-2,4,7-10,13-15H,3,5H2,(H,12,16). The Balaban J connectivity index is 1.96. The highest BCUT2D eigenvalue weighted by molar-refractivity contribution is 5.94. The molecule has 1 saturated heterocycles. The topological polar surface area (TPSA) is 112 Å². The molecule has 1 aromatic rings. The minimum absolute atomic E-state index is 0.0209. The van der Waals surface area contributed by atoms with Crippen molar-refractivity contribution < 1.29 is 29.3 Å². The number of carbonyl (C=O) groups excluding carboxylic acids is 1. The monoisotopic (exact) mass is 257 g/mol. The van der Waals surface area contributed by atoms with Gasteiger partial charge in [-0.2, -0.15) is 0 Å². The van der Waals surface area contributed by atoms with Crippen LogP contribution in [0.3, 0.4) is 0 Å². The van der Waals surface area contributed by atoms with Gasteiger partial charge in [0, 0.05) is 0 Å². The number of aliphatic hydroxyl groups is 3. The molecule has 2 heterocycles. The van der Waals surface area contributed by atoms with Crippen molar-refractivity contribution in [1.29, 1.82) is 0 Å². The minimum atomic E-state index is -1.24. The van der Waals surface area contributed by atoms with E-state index in [0.29, 0.717) is 5.56 Å². The van der Waals surface area contributed by atoms with Crippen LogP contribution in [0, 0.1) is 0 Å². The molecule has 100 valence electrons. The van der Waals surface area contributed by atoms with E-state index >= 15 is 0 Å². The fourth-order valence-corrected chi connectivity index (χ4v) is 1.82. The number of aliphatic hydroxyl groups excluding tert-OH is 3. The maximum Gasteiger partial charge on any atom is 0.254 e. The summed E-state index contributed by atoms with van der Waals surface area (Å²) in [4.78, 5) is 11.7. The second-order valence-corrected chi connectivity index (χ2v) is 4.13. The predicted molar refractivity (Wildman–Crippen MR) is 58.8 cm³/mol. The molecule has 2 rings (SSSR count). The van der Waals surface area contributed by atoms with Gasteiger partial charge in [-0.25, -0.2) is 0 Å². The minimum Gasteiger partial charge on any atom is -0.472 e. The molecule has 1 aliphatic rings. The highest BCUT2D eigenvalue weighted by Crippen LogP contribution is 2.15.